The average Bonchev–Trinajstić information content (AvgIpc) is 3.26. The number of aromatic nitrogens is 4. The molecule has 3 aromatic rings. The first-order valence-corrected chi connectivity index (χ1v) is 13.4. The number of carbonyl (C=O) groups is 2. The number of carbonyl (C=O) groups excluding carboxylic acids is 1. The molecule has 1 amide bonds. The van der Waals surface area contributed by atoms with Crippen LogP contribution >= 0.6 is 7.81 Å². The Morgan fingerprint density at radius 1 is 1.02 bits per heavy atom. The standard InChI is InChI=1S/C12H15NO4.C10H15N6O.F6P/c1-9(11(14)15)13(2)12(16)17-8-10-6-4-3-5-7-10;1-14(2)10(15(3)4)17-16-9-8(12-13-16)6-5-7-11-9;1-7(2,3,4,5)6/h3-7,9H,8H2,1-2H3,(H,14,15);5-7H,1-4H3;/q;+1;-1/t9-;;/m0../s1. The Hall–Kier alpha value is -4.21. The second-order valence-corrected chi connectivity index (χ2v) is 10.5. The summed E-state index contributed by atoms with van der Waals surface area (Å²) >= 11 is 0. The van der Waals surface area contributed by atoms with Crippen LogP contribution in [0.25, 0.3) is 11.2 Å². The van der Waals surface area contributed by atoms with Gasteiger partial charge >= 0.3 is 51.1 Å². The molecule has 0 fully saturated rings. The number of fused-ring (bicyclic) bond motifs is 1. The van der Waals surface area contributed by atoms with Gasteiger partial charge in [-0.1, -0.05) is 30.3 Å². The quantitative estimate of drug-likeness (QED) is 0.144. The second kappa shape index (κ2) is 13.0. The fourth-order valence-corrected chi connectivity index (χ4v) is 2.59. The van der Waals surface area contributed by atoms with E-state index in [9.17, 15) is 34.8 Å². The number of hydrogen-bond donors (Lipinski definition) is 1. The summed E-state index contributed by atoms with van der Waals surface area (Å²) in [6.45, 7) is 1.56. The van der Waals surface area contributed by atoms with E-state index in [1.54, 1.807) is 6.20 Å². The molecule has 0 aliphatic heterocycles. The van der Waals surface area contributed by atoms with Gasteiger partial charge in [-0.2, -0.15) is 0 Å². The van der Waals surface area contributed by atoms with Crippen LogP contribution in [0.1, 0.15) is 12.5 Å². The van der Waals surface area contributed by atoms with Crippen molar-refractivity contribution in [3.8, 4) is 0 Å². The van der Waals surface area contributed by atoms with Crippen LogP contribution < -0.4 is 4.84 Å². The van der Waals surface area contributed by atoms with Gasteiger partial charge in [-0.25, -0.2) is 24.0 Å². The van der Waals surface area contributed by atoms with Crippen molar-refractivity contribution in [2.24, 2.45) is 0 Å². The summed E-state index contributed by atoms with van der Waals surface area (Å²) in [5, 5.41) is 16.6. The molecular weight excluding hydrogens is 587 g/mol. The number of nitrogens with zero attached hydrogens (tertiary/aromatic N) is 7. The number of aliphatic carboxylic acids is 1. The molecule has 41 heavy (non-hydrogen) atoms. The van der Waals surface area contributed by atoms with E-state index in [4.69, 9.17) is 14.7 Å². The maximum atomic E-state index is 11.5. The van der Waals surface area contributed by atoms with Crippen LogP contribution in [0.5, 0.6) is 0 Å². The summed E-state index contributed by atoms with van der Waals surface area (Å²) in [6.07, 6.45) is 1.03. The van der Waals surface area contributed by atoms with Gasteiger partial charge < -0.3 is 9.84 Å². The number of likely N-dealkylation sites (N-methyl/N-ethyl adjacent to an activating group) is 1. The Bertz CT molecular complexity index is 1340. The fourth-order valence-electron chi connectivity index (χ4n) is 2.59. The number of carboxylic acids is 1. The molecule has 19 heteroatoms. The monoisotopic (exact) mass is 617 g/mol. The zero-order valence-electron chi connectivity index (χ0n) is 22.8. The summed E-state index contributed by atoms with van der Waals surface area (Å²) in [5.41, 5.74) is 2.15. The molecule has 0 aliphatic rings. The SMILES string of the molecule is CN(C)C(On1nnc2cccnc21)=[N+](C)C.C[C@@H](C(=O)O)N(C)C(=O)OCc1ccccc1.F[P-](F)(F)(F)(F)F. The van der Waals surface area contributed by atoms with Crippen molar-refractivity contribution >= 4 is 37.1 Å². The normalized spacial score (nSPS) is 13.1. The molecule has 2 heterocycles. The summed E-state index contributed by atoms with van der Waals surface area (Å²) in [7, 11) is -1.70. The third-order valence-corrected chi connectivity index (χ3v) is 4.55. The molecule has 0 radical (unpaired) electrons. The Morgan fingerprint density at radius 3 is 2.07 bits per heavy atom. The zero-order chi connectivity index (χ0) is 31.7. The molecule has 1 aromatic carbocycles. The summed E-state index contributed by atoms with van der Waals surface area (Å²) < 4.78 is 66.0. The maximum absolute atomic E-state index is 11.5. The van der Waals surface area contributed by atoms with Crippen molar-refractivity contribution in [1.29, 1.82) is 0 Å². The van der Waals surface area contributed by atoms with Gasteiger partial charge in [0.2, 0.25) is 5.65 Å². The van der Waals surface area contributed by atoms with Gasteiger partial charge in [0, 0.05) is 13.2 Å². The zero-order valence-corrected chi connectivity index (χ0v) is 23.7. The molecule has 230 valence electrons. The first kappa shape index (κ1) is 34.8. The van der Waals surface area contributed by atoms with E-state index in [1.807, 2.05) is 80.1 Å². The Kier molecular flexibility index (Phi) is 11.0. The molecule has 2 aromatic heterocycles. The Labute approximate surface area is 230 Å². The minimum absolute atomic E-state index is 0.135. The van der Waals surface area contributed by atoms with Crippen LogP contribution in [0.2, 0.25) is 0 Å². The van der Waals surface area contributed by atoms with Gasteiger partial charge in [0.1, 0.15) is 18.2 Å². The van der Waals surface area contributed by atoms with E-state index in [0.29, 0.717) is 17.2 Å². The molecule has 0 saturated carbocycles. The van der Waals surface area contributed by atoms with Crippen molar-refractivity contribution < 1.29 is 54.0 Å². The third-order valence-electron chi connectivity index (χ3n) is 4.55. The number of ether oxygens (including phenoxy) is 1. The number of carboxylic acid groups (broad SMARTS) is 1. The number of pyridine rings is 1. The second-order valence-electron chi connectivity index (χ2n) is 8.59. The first-order valence-electron chi connectivity index (χ1n) is 11.4. The van der Waals surface area contributed by atoms with E-state index < -0.39 is 25.9 Å². The van der Waals surface area contributed by atoms with Crippen LogP contribution in [0.15, 0.2) is 48.7 Å². The average molecular weight is 617 g/mol. The van der Waals surface area contributed by atoms with E-state index in [0.717, 1.165) is 10.5 Å². The van der Waals surface area contributed by atoms with E-state index in [1.165, 1.54) is 18.8 Å². The van der Waals surface area contributed by atoms with Gasteiger partial charge in [0.25, 0.3) is 0 Å². The molecule has 0 aliphatic carbocycles. The molecule has 0 spiro atoms. The van der Waals surface area contributed by atoms with Crippen LogP contribution in [0.3, 0.4) is 0 Å². The number of hydrogen-bond acceptors (Lipinski definition) is 7. The van der Waals surface area contributed by atoms with Gasteiger partial charge in [0.15, 0.2) is 0 Å². The predicted octanol–water partition coefficient (Wildman–Crippen LogP) is 4.56. The molecular formula is C22H30F6N7O5P. The Morgan fingerprint density at radius 2 is 1.59 bits per heavy atom. The summed E-state index contributed by atoms with van der Waals surface area (Å²) in [5.74, 6) is -1.07. The van der Waals surface area contributed by atoms with Crippen molar-refractivity contribution in [1.82, 2.24) is 29.9 Å². The minimum atomic E-state index is -10.7. The van der Waals surface area contributed by atoms with Crippen molar-refractivity contribution in [3.05, 3.63) is 54.2 Å². The number of amidine groups is 1. The molecule has 3 rings (SSSR count). The summed E-state index contributed by atoms with van der Waals surface area (Å²) in [4.78, 5) is 36.2. The molecule has 1 N–H and O–H groups in total. The number of amides is 1. The van der Waals surface area contributed by atoms with Gasteiger partial charge in [0.05, 0.1) is 28.2 Å². The first-order chi connectivity index (χ1) is 18.6. The van der Waals surface area contributed by atoms with Crippen molar-refractivity contribution in [2.75, 3.05) is 35.2 Å². The van der Waals surface area contributed by atoms with Gasteiger partial charge in [-0.15, -0.1) is 5.10 Å². The number of halogens is 6. The van der Waals surface area contributed by atoms with Gasteiger partial charge in [-0.05, 0) is 34.7 Å². The third kappa shape index (κ3) is 14.7. The molecule has 12 nitrogen and oxygen atoms in total. The van der Waals surface area contributed by atoms with Crippen LogP contribution in [0, 0.1) is 0 Å². The molecule has 0 bridgehead atoms. The van der Waals surface area contributed by atoms with Crippen LogP contribution in [-0.4, -0.2) is 99.0 Å². The van der Waals surface area contributed by atoms with E-state index in [-0.39, 0.29) is 6.61 Å². The molecule has 0 saturated heterocycles. The number of benzene rings is 1. The van der Waals surface area contributed by atoms with Crippen LogP contribution in [-0.2, 0) is 16.1 Å². The van der Waals surface area contributed by atoms with E-state index in [2.05, 4.69) is 15.3 Å². The summed E-state index contributed by atoms with van der Waals surface area (Å²) in [6, 6.07) is 12.6. The Balaban J connectivity index is 0.000000335. The molecule has 1 atom stereocenters. The van der Waals surface area contributed by atoms with Crippen molar-refractivity contribution in [2.45, 2.75) is 19.6 Å². The van der Waals surface area contributed by atoms with Gasteiger partial charge in [-0.3, -0.25) is 9.74 Å². The van der Waals surface area contributed by atoms with E-state index >= 15 is 0 Å². The fraction of sp³-hybridized carbons (Fsp3) is 0.364. The van der Waals surface area contributed by atoms with Crippen molar-refractivity contribution in [3.63, 3.8) is 0 Å². The number of rotatable bonds is 5. The topological polar surface area (TPSA) is 126 Å². The molecule has 0 unspecified atom stereocenters. The van der Waals surface area contributed by atoms with Crippen LogP contribution in [0.4, 0.5) is 30.0 Å². The predicted molar refractivity (Wildman–Crippen MR) is 138 cm³/mol.